The molecule has 116 valence electrons. The SMILES string of the molecule is CO[C@H]1C[C@@H](C(=O)N2CCS(=O)(=O)C(C)(C)C2)N(C)C1. The molecule has 2 saturated heterocycles. The van der Waals surface area contributed by atoms with E-state index in [0.717, 1.165) is 6.54 Å². The predicted octanol–water partition coefficient (Wildman–Crippen LogP) is -0.259. The van der Waals surface area contributed by atoms with Crippen molar-refractivity contribution in [1.29, 1.82) is 0 Å². The molecule has 6 nitrogen and oxygen atoms in total. The molecule has 0 aromatic heterocycles. The molecular weight excluding hydrogens is 280 g/mol. The van der Waals surface area contributed by atoms with Crippen molar-refractivity contribution in [2.75, 3.05) is 39.5 Å². The van der Waals surface area contributed by atoms with Gasteiger partial charge in [0, 0.05) is 26.7 Å². The second-order valence-electron chi connectivity index (χ2n) is 6.39. The largest absolute Gasteiger partial charge is 0.380 e. The van der Waals surface area contributed by atoms with E-state index in [0.29, 0.717) is 13.0 Å². The average molecular weight is 304 g/mol. The molecule has 7 heteroatoms. The molecule has 20 heavy (non-hydrogen) atoms. The van der Waals surface area contributed by atoms with Crippen LogP contribution in [0, 0.1) is 0 Å². The summed E-state index contributed by atoms with van der Waals surface area (Å²) in [5, 5.41) is 0. The Balaban J connectivity index is 2.08. The smallest absolute Gasteiger partial charge is 0.240 e. The number of ether oxygens (including phenoxy) is 1. The first-order valence-electron chi connectivity index (χ1n) is 6.92. The van der Waals surface area contributed by atoms with Gasteiger partial charge in [0.1, 0.15) is 0 Å². The molecule has 0 N–H and O–H groups in total. The standard InChI is InChI=1S/C13H24N2O4S/c1-13(2)9-15(5-6-20(13,17)18)12(16)11-7-10(19-4)8-14(11)3/h10-11H,5-9H2,1-4H3/t10-,11-/m0/s1. The maximum Gasteiger partial charge on any atom is 0.240 e. The van der Waals surface area contributed by atoms with Crippen LogP contribution in [-0.2, 0) is 19.4 Å². The zero-order valence-electron chi connectivity index (χ0n) is 12.6. The lowest BCUT2D eigenvalue weighted by Crippen LogP contribution is -2.57. The fraction of sp³-hybridized carbons (Fsp3) is 0.923. The van der Waals surface area contributed by atoms with Crippen LogP contribution in [0.4, 0.5) is 0 Å². The minimum Gasteiger partial charge on any atom is -0.380 e. The van der Waals surface area contributed by atoms with Crippen molar-refractivity contribution >= 4 is 15.7 Å². The molecule has 2 fully saturated rings. The Morgan fingerprint density at radius 3 is 2.50 bits per heavy atom. The summed E-state index contributed by atoms with van der Waals surface area (Å²) >= 11 is 0. The fourth-order valence-corrected chi connectivity index (χ4v) is 4.32. The maximum absolute atomic E-state index is 12.6. The number of hydrogen-bond donors (Lipinski definition) is 0. The summed E-state index contributed by atoms with van der Waals surface area (Å²) in [6.07, 6.45) is 0.755. The lowest BCUT2D eigenvalue weighted by molar-refractivity contribution is -0.136. The van der Waals surface area contributed by atoms with Gasteiger partial charge >= 0.3 is 0 Å². The molecule has 0 radical (unpaired) electrons. The van der Waals surface area contributed by atoms with Gasteiger partial charge in [-0.1, -0.05) is 0 Å². The first-order chi connectivity index (χ1) is 9.18. The molecule has 2 heterocycles. The highest BCUT2D eigenvalue weighted by atomic mass is 32.2. The Labute approximate surface area is 121 Å². The summed E-state index contributed by atoms with van der Waals surface area (Å²) in [5.41, 5.74) is 0. The summed E-state index contributed by atoms with van der Waals surface area (Å²) in [4.78, 5) is 16.3. The van der Waals surface area contributed by atoms with E-state index in [4.69, 9.17) is 4.74 Å². The first kappa shape index (κ1) is 15.7. The van der Waals surface area contributed by atoms with E-state index in [1.807, 2.05) is 11.9 Å². The van der Waals surface area contributed by atoms with Crippen molar-refractivity contribution in [3.8, 4) is 0 Å². The van der Waals surface area contributed by atoms with Crippen molar-refractivity contribution < 1.29 is 17.9 Å². The van der Waals surface area contributed by atoms with Gasteiger partial charge in [-0.15, -0.1) is 0 Å². The highest BCUT2D eigenvalue weighted by Gasteiger charge is 2.44. The Morgan fingerprint density at radius 2 is 2.00 bits per heavy atom. The number of likely N-dealkylation sites (tertiary alicyclic amines) is 1. The predicted molar refractivity (Wildman–Crippen MR) is 76.3 cm³/mol. The molecular formula is C13H24N2O4S. The maximum atomic E-state index is 12.6. The summed E-state index contributed by atoms with van der Waals surface area (Å²) in [5.74, 6) is 0.0746. The van der Waals surface area contributed by atoms with Crippen LogP contribution in [0.5, 0.6) is 0 Å². The monoisotopic (exact) mass is 304 g/mol. The van der Waals surface area contributed by atoms with Crippen LogP contribution in [0.25, 0.3) is 0 Å². The second kappa shape index (κ2) is 5.27. The highest BCUT2D eigenvalue weighted by Crippen LogP contribution is 2.26. The zero-order chi connectivity index (χ0) is 15.1. The summed E-state index contributed by atoms with van der Waals surface area (Å²) in [6.45, 7) is 4.70. The van der Waals surface area contributed by atoms with Crippen molar-refractivity contribution in [3.05, 3.63) is 0 Å². The molecule has 0 unspecified atom stereocenters. The van der Waals surface area contributed by atoms with Crippen LogP contribution >= 0.6 is 0 Å². The van der Waals surface area contributed by atoms with Gasteiger partial charge in [-0.25, -0.2) is 8.42 Å². The van der Waals surface area contributed by atoms with Crippen LogP contribution in [0.15, 0.2) is 0 Å². The number of sulfone groups is 1. The van der Waals surface area contributed by atoms with E-state index in [1.54, 1.807) is 25.9 Å². The van der Waals surface area contributed by atoms with E-state index in [-0.39, 0.29) is 30.4 Å². The highest BCUT2D eigenvalue weighted by molar-refractivity contribution is 7.92. The first-order valence-corrected chi connectivity index (χ1v) is 8.57. The Hall–Kier alpha value is -0.660. The van der Waals surface area contributed by atoms with Crippen LogP contribution in [0.1, 0.15) is 20.3 Å². The minimum absolute atomic E-state index is 0.0232. The van der Waals surface area contributed by atoms with Crippen molar-refractivity contribution in [2.45, 2.75) is 37.2 Å². The number of amides is 1. The molecule has 0 spiro atoms. The van der Waals surface area contributed by atoms with Crippen LogP contribution < -0.4 is 0 Å². The number of carbonyl (C=O) groups is 1. The topological polar surface area (TPSA) is 66.9 Å². The number of methoxy groups -OCH3 is 1. The zero-order valence-corrected chi connectivity index (χ0v) is 13.4. The summed E-state index contributed by atoms with van der Waals surface area (Å²) < 4.78 is 28.4. The molecule has 0 aromatic rings. The Kier molecular flexibility index (Phi) is 4.15. The fourth-order valence-electron chi connectivity index (χ4n) is 2.95. The number of rotatable bonds is 2. The summed E-state index contributed by atoms with van der Waals surface area (Å²) in [6, 6.07) is -0.198. The third kappa shape index (κ3) is 2.71. The molecule has 2 aliphatic heterocycles. The third-order valence-corrected chi connectivity index (χ3v) is 7.02. The number of likely N-dealkylation sites (N-methyl/N-ethyl adjacent to an activating group) is 1. The van der Waals surface area contributed by atoms with E-state index >= 15 is 0 Å². The lowest BCUT2D eigenvalue weighted by Gasteiger charge is -2.39. The van der Waals surface area contributed by atoms with Crippen molar-refractivity contribution in [1.82, 2.24) is 9.80 Å². The normalized spacial score (nSPS) is 33.3. The lowest BCUT2D eigenvalue weighted by atomic mass is 10.1. The van der Waals surface area contributed by atoms with E-state index in [9.17, 15) is 13.2 Å². The minimum atomic E-state index is -3.11. The molecule has 2 rings (SSSR count). The van der Waals surface area contributed by atoms with Crippen LogP contribution in [0.2, 0.25) is 0 Å². The van der Waals surface area contributed by atoms with E-state index in [2.05, 4.69) is 0 Å². The van der Waals surface area contributed by atoms with Gasteiger partial charge in [-0.2, -0.15) is 0 Å². The van der Waals surface area contributed by atoms with Gasteiger partial charge in [0.15, 0.2) is 9.84 Å². The van der Waals surface area contributed by atoms with Gasteiger partial charge in [-0.05, 0) is 27.3 Å². The number of hydrogen-bond acceptors (Lipinski definition) is 5. The molecule has 2 atom stereocenters. The average Bonchev–Trinajstić information content (AvgIpc) is 2.73. The molecule has 0 aromatic carbocycles. The van der Waals surface area contributed by atoms with Crippen molar-refractivity contribution in [2.24, 2.45) is 0 Å². The van der Waals surface area contributed by atoms with Gasteiger partial charge < -0.3 is 9.64 Å². The number of carbonyl (C=O) groups excluding carboxylic acids is 1. The van der Waals surface area contributed by atoms with Crippen molar-refractivity contribution in [3.63, 3.8) is 0 Å². The molecule has 2 aliphatic rings. The van der Waals surface area contributed by atoms with Crippen LogP contribution in [0.3, 0.4) is 0 Å². The van der Waals surface area contributed by atoms with E-state index in [1.165, 1.54) is 0 Å². The Morgan fingerprint density at radius 1 is 1.35 bits per heavy atom. The third-order valence-electron chi connectivity index (χ3n) is 4.48. The molecule has 0 saturated carbocycles. The van der Waals surface area contributed by atoms with Gasteiger partial charge in [0.25, 0.3) is 0 Å². The van der Waals surface area contributed by atoms with E-state index < -0.39 is 14.6 Å². The summed E-state index contributed by atoms with van der Waals surface area (Å²) in [7, 11) is 0.453. The van der Waals surface area contributed by atoms with Crippen LogP contribution in [-0.4, -0.2) is 80.6 Å². The van der Waals surface area contributed by atoms with Gasteiger partial charge in [0.05, 0.1) is 22.6 Å². The molecule has 0 aliphatic carbocycles. The Bertz CT molecular complexity index is 489. The second-order valence-corrected chi connectivity index (χ2v) is 9.13. The quantitative estimate of drug-likeness (QED) is 0.703. The molecule has 0 bridgehead atoms. The number of nitrogens with zero attached hydrogens (tertiary/aromatic N) is 2. The van der Waals surface area contributed by atoms with Gasteiger partial charge in [0.2, 0.25) is 5.91 Å². The van der Waals surface area contributed by atoms with Gasteiger partial charge in [-0.3, -0.25) is 9.69 Å². The molecule has 1 amide bonds.